The molecule has 0 rings (SSSR count). The summed E-state index contributed by atoms with van der Waals surface area (Å²) in [5.41, 5.74) is 0. The normalized spacial score (nSPS) is 6.60. The van der Waals surface area contributed by atoms with Crippen LogP contribution < -0.4 is 0 Å². The van der Waals surface area contributed by atoms with E-state index in [0.717, 1.165) is 0 Å². The van der Waals surface area contributed by atoms with E-state index >= 15 is 0 Å². The molecule has 0 aliphatic heterocycles. The van der Waals surface area contributed by atoms with Crippen molar-refractivity contribution < 1.29 is 136 Å². The van der Waals surface area contributed by atoms with Crippen LogP contribution >= 0.6 is 0 Å². The Morgan fingerprint density at radius 1 is 0.400 bits per heavy atom. The summed E-state index contributed by atoms with van der Waals surface area (Å²) in [6.45, 7) is 0. The number of aliphatic carboxylic acids is 6. The van der Waals surface area contributed by atoms with Gasteiger partial charge in [-0.1, -0.05) is 0 Å². The molecule has 0 amide bonds. The average Bonchev–Trinajstić information content (AvgIpc) is 2.18. The molecule has 0 aromatic carbocycles. The fourth-order valence-electron chi connectivity index (χ4n) is 0. The van der Waals surface area contributed by atoms with Crippen molar-refractivity contribution in [3.05, 3.63) is 0 Å². The molecule has 0 saturated carbocycles. The Kier molecular flexibility index (Phi) is 29.1. The molecule has 0 unspecified atom stereocenters. The van der Waals surface area contributed by atoms with Crippen molar-refractivity contribution in [2.75, 3.05) is 0 Å². The molecule has 0 heterocycles. The summed E-state index contributed by atoms with van der Waals surface area (Å²) in [5, 5.41) is 44.3. The fourth-order valence-corrected chi connectivity index (χ4v) is 0. The molecule has 20 heavy (non-hydrogen) atoms. The van der Waals surface area contributed by atoms with Gasteiger partial charge in [0.25, 0.3) is 0 Å². The second kappa shape index (κ2) is 18.4. The zero-order valence-electron chi connectivity index (χ0n) is 9.21. The van der Waals surface area contributed by atoms with E-state index in [1.807, 2.05) is 0 Å². The number of carbonyl (C=O) groups is 6. The van der Waals surface area contributed by atoms with Crippen LogP contribution in [0.15, 0.2) is 0 Å². The molecule has 0 fully saturated rings. The summed E-state index contributed by atoms with van der Waals surface area (Å²) < 4.78 is 0. The molecule has 12 nitrogen and oxygen atoms in total. The molecular weight excluding hydrogens is 547 g/mol. The molecule has 0 spiro atoms. The number of carboxylic acid groups (broad SMARTS) is 6. The monoisotopic (exact) mass is 551 g/mol. The van der Waals surface area contributed by atoms with Crippen molar-refractivity contribution in [2.45, 2.75) is 0 Å². The predicted octanol–water partition coefficient (Wildman–Crippen LogP) is -2.53. The van der Waals surface area contributed by atoms with Gasteiger partial charge in [-0.15, -0.1) is 0 Å². The van der Waals surface area contributed by atoms with Gasteiger partial charge in [0, 0.05) is 76.4 Å². The maximum atomic E-state index is 9.10. The minimum Gasteiger partial charge on any atom is -0.473 e. The van der Waals surface area contributed by atoms with E-state index in [0.29, 0.717) is 0 Å². The van der Waals surface area contributed by atoms with E-state index < -0.39 is 35.8 Å². The number of carboxylic acids is 6. The molecule has 0 aromatic rings. The maximum Gasteiger partial charge on any atom is 0.414 e. The Balaban J connectivity index is -0.0000000536. The van der Waals surface area contributed by atoms with Crippen molar-refractivity contribution in [1.29, 1.82) is 0 Å². The van der Waals surface area contributed by atoms with Crippen molar-refractivity contribution in [1.82, 2.24) is 0 Å². The molecule has 109 valence electrons. The Bertz CT molecular complexity index is 283. The van der Waals surface area contributed by atoms with Gasteiger partial charge in [0.05, 0.1) is 0 Å². The third-order valence-corrected chi connectivity index (χ3v) is 0.549. The molecule has 0 aliphatic carbocycles. The van der Waals surface area contributed by atoms with Crippen molar-refractivity contribution in [3.8, 4) is 0 Å². The van der Waals surface area contributed by atoms with E-state index in [1.165, 1.54) is 0 Å². The SMILES string of the molecule is O=C(O)C(=O)O.O=C(O)C(=O)O.O=C(O)C(=O)O.[La].[Nd]. The molecule has 0 saturated heterocycles. The molecule has 0 aromatic heterocycles. The van der Waals surface area contributed by atoms with Crippen LogP contribution in [-0.2, 0) is 28.8 Å². The molecule has 0 aliphatic rings. The Morgan fingerprint density at radius 2 is 0.450 bits per heavy atom. The minimum atomic E-state index is -1.82. The third kappa shape index (κ3) is 36.0. The quantitative estimate of drug-likeness (QED) is 0.171. The first-order valence-electron chi connectivity index (χ1n) is 3.32. The summed E-state index contributed by atoms with van der Waals surface area (Å²) in [6.07, 6.45) is 0. The summed E-state index contributed by atoms with van der Waals surface area (Å²) in [5.74, 6) is -10.9. The van der Waals surface area contributed by atoms with Crippen molar-refractivity contribution in [2.24, 2.45) is 0 Å². The van der Waals surface area contributed by atoms with Gasteiger partial charge in [0.1, 0.15) is 0 Å². The standard InChI is InChI=1S/3C2H2O4.La.Nd/c3*3-1(4)2(5)6;;/h3*(H,3,4)(H,5,6);;. The maximum absolute atomic E-state index is 9.10. The average molecular weight is 553 g/mol. The zero-order chi connectivity index (χ0) is 15.5. The minimum absolute atomic E-state index is 0. The van der Waals surface area contributed by atoms with Crippen LogP contribution in [0.1, 0.15) is 0 Å². The summed E-state index contributed by atoms with van der Waals surface area (Å²) in [4.78, 5) is 54.6. The number of hydrogen-bond acceptors (Lipinski definition) is 6. The second-order valence-electron chi connectivity index (χ2n) is 1.83. The molecule has 6 N–H and O–H groups in total. The summed E-state index contributed by atoms with van der Waals surface area (Å²) in [6, 6.07) is 0. The molecular formula is C6H6LaNdO12. The van der Waals surface area contributed by atoms with E-state index in [1.54, 1.807) is 0 Å². The summed E-state index contributed by atoms with van der Waals surface area (Å²) >= 11 is 0. The molecule has 0 atom stereocenters. The second-order valence-corrected chi connectivity index (χ2v) is 1.83. The Morgan fingerprint density at radius 3 is 0.450 bits per heavy atom. The fraction of sp³-hybridized carbons (Fsp3) is 0. The van der Waals surface area contributed by atoms with E-state index in [4.69, 9.17) is 59.4 Å². The van der Waals surface area contributed by atoms with Crippen LogP contribution in [0.2, 0.25) is 0 Å². The van der Waals surface area contributed by atoms with Crippen molar-refractivity contribution >= 4 is 35.8 Å². The first kappa shape index (κ1) is 31.7. The van der Waals surface area contributed by atoms with Gasteiger partial charge in [-0.3, -0.25) is 0 Å². The predicted molar refractivity (Wildman–Crippen MR) is 45.8 cm³/mol. The third-order valence-electron chi connectivity index (χ3n) is 0.549. The van der Waals surface area contributed by atoms with Gasteiger partial charge >= 0.3 is 35.8 Å². The van der Waals surface area contributed by atoms with Gasteiger partial charge in [-0.25, -0.2) is 28.8 Å². The Labute approximate surface area is 169 Å². The van der Waals surface area contributed by atoms with Gasteiger partial charge in [-0.05, 0) is 0 Å². The smallest absolute Gasteiger partial charge is 0.414 e. The first-order chi connectivity index (χ1) is 7.93. The topological polar surface area (TPSA) is 224 Å². The molecule has 0 bridgehead atoms. The van der Waals surface area contributed by atoms with Gasteiger partial charge < -0.3 is 30.6 Å². The number of rotatable bonds is 0. The van der Waals surface area contributed by atoms with Crippen LogP contribution in [-0.4, -0.2) is 66.5 Å². The van der Waals surface area contributed by atoms with Gasteiger partial charge in [-0.2, -0.15) is 0 Å². The van der Waals surface area contributed by atoms with E-state index in [2.05, 4.69) is 0 Å². The largest absolute Gasteiger partial charge is 0.473 e. The van der Waals surface area contributed by atoms with Crippen molar-refractivity contribution in [3.63, 3.8) is 0 Å². The molecule has 1 radical (unpaired) electrons. The Hall–Kier alpha value is -0.635. The zero-order valence-corrected chi connectivity index (χ0v) is 16.0. The van der Waals surface area contributed by atoms with E-state index in [-0.39, 0.29) is 76.4 Å². The van der Waals surface area contributed by atoms with Crippen LogP contribution in [0.4, 0.5) is 0 Å². The molecule has 14 heteroatoms. The van der Waals surface area contributed by atoms with E-state index in [9.17, 15) is 0 Å². The van der Waals surface area contributed by atoms with Gasteiger partial charge in [0.15, 0.2) is 0 Å². The van der Waals surface area contributed by atoms with Crippen LogP contribution in [0.5, 0.6) is 0 Å². The summed E-state index contributed by atoms with van der Waals surface area (Å²) in [7, 11) is 0. The first-order valence-corrected chi connectivity index (χ1v) is 3.32. The van der Waals surface area contributed by atoms with Crippen LogP contribution in [0, 0.1) is 76.4 Å². The van der Waals surface area contributed by atoms with Gasteiger partial charge in [0.2, 0.25) is 0 Å². The number of hydrogen-bond donors (Lipinski definition) is 6. The van der Waals surface area contributed by atoms with Crippen LogP contribution in [0.3, 0.4) is 0 Å². The van der Waals surface area contributed by atoms with Crippen LogP contribution in [0.25, 0.3) is 0 Å².